The lowest BCUT2D eigenvalue weighted by atomic mass is 10.1. The molecule has 0 atom stereocenters. The number of aromatic nitrogens is 2. The smallest absolute Gasteiger partial charge is 0.197 e. The van der Waals surface area contributed by atoms with Gasteiger partial charge in [0, 0.05) is 10.2 Å². The van der Waals surface area contributed by atoms with E-state index < -0.39 is 0 Å². The number of aryl methyl sites for hydroxylation is 2. The van der Waals surface area contributed by atoms with Crippen LogP contribution in [0, 0.1) is 0 Å². The second-order valence-electron chi connectivity index (χ2n) is 3.39. The molecular weight excluding hydrogens is 254 g/mol. The van der Waals surface area contributed by atoms with Crippen LogP contribution < -0.4 is 5.73 Å². The average Bonchev–Trinajstić information content (AvgIpc) is 2.63. The molecule has 4 heteroatoms. The van der Waals surface area contributed by atoms with E-state index in [0.29, 0.717) is 5.95 Å². The van der Waals surface area contributed by atoms with E-state index in [0.717, 1.165) is 23.0 Å². The number of H-pyrrole nitrogens is 1. The van der Waals surface area contributed by atoms with Crippen molar-refractivity contribution in [2.75, 3.05) is 5.73 Å². The normalized spacial score (nSPS) is 10.5. The molecule has 0 amide bonds. The van der Waals surface area contributed by atoms with E-state index in [1.165, 1.54) is 5.56 Å². The largest absolute Gasteiger partial charge is 0.369 e. The van der Waals surface area contributed by atoms with Gasteiger partial charge in [-0.15, -0.1) is 0 Å². The van der Waals surface area contributed by atoms with E-state index in [2.05, 4.69) is 38.0 Å². The van der Waals surface area contributed by atoms with Gasteiger partial charge < -0.3 is 10.7 Å². The summed E-state index contributed by atoms with van der Waals surface area (Å²) in [7, 11) is 0. The number of anilines is 1. The number of rotatable bonds is 3. The van der Waals surface area contributed by atoms with Gasteiger partial charge in [0.2, 0.25) is 0 Å². The standard InChI is InChI=1S/C11H12BrN3/c12-10-4-2-1-3-8(10)5-6-9-7-14-11(13)15-9/h1-4,7H,5-6H2,(H3,13,14,15). The minimum absolute atomic E-state index is 0.483. The highest BCUT2D eigenvalue weighted by Gasteiger charge is 2.01. The molecule has 3 N–H and O–H groups in total. The number of aromatic amines is 1. The maximum atomic E-state index is 5.50. The maximum Gasteiger partial charge on any atom is 0.197 e. The van der Waals surface area contributed by atoms with E-state index >= 15 is 0 Å². The van der Waals surface area contributed by atoms with Gasteiger partial charge in [0.05, 0.1) is 6.20 Å². The highest BCUT2D eigenvalue weighted by molar-refractivity contribution is 9.10. The van der Waals surface area contributed by atoms with Gasteiger partial charge in [0.15, 0.2) is 5.95 Å². The highest BCUT2D eigenvalue weighted by Crippen LogP contribution is 2.17. The Kier molecular flexibility index (Phi) is 3.06. The van der Waals surface area contributed by atoms with Crippen LogP contribution in [0.2, 0.25) is 0 Å². The van der Waals surface area contributed by atoms with E-state index in [4.69, 9.17) is 5.73 Å². The Morgan fingerprint density at radius 2 is 2.07 bits per heavy atom. The topological polar surface area (TPSA) is 54.7 Å². The summed E-state index contributed by atoms with van der Waals surface area (Å²) in [6.45, 7) is 0. The lowest BCUT2D eigenvalue weighted by Gasteiger charge is -2.02. The Balaban J connectivity index is 2.02. The molecule has 0 spiro atoms. The van der Waals surface area contributed by atoms with Crippen molar-refractivity contribution < 1.29 is 0 Å². The number of imidazole rings is 1. The van der Waals surface area contributed by atoms with Crippen molar-refractivity contribution in [1.29, 1.82) is 0 Å². The lowest BCUT2D eigenvalue weighted by Crippen LogP contribution is -1.93. The molecule has 1 aromatic carbocycles. The lowest BCUT2D eigenvalue weighted by molar-refractivity contribution is 0.922. The van der Waals surface area contributed by atoms with Crippen LogP contribution in [0.1, 0.15) is 11.3 Å². The molecule has 0 saturated carbocycles. The van der Waals surface area contributed by atoms with Crippen LogP contribution in [0.5, 0.6) is 0 Å². The van der Waals surface area contributed by atoms with Crippen molar-refractivity contribution in [3.05, 3.63) is 46.2 Å². The van der Waals surface area contributed by atoms with Crippen LogP contribution in [0.4, 0.5) is 5.95 Å². The number of halogens is 1. The zero-order chi connectivity index (χ0) is 10.7. The molecule has 0 aliphatic carbocycles. The fourth-order valence-corrected chi connectivity index (χ4v) is 1.96. The summed E-state index contributed by atoms with van der Waals surface area (Å²) >= 11 is 3.52. The highest BCUT2D eigenvalue weighted by atomic mass is 79.9. The average molecular weight is 266 g/mol. The van der Waals surface area contributed by atoms with Crippen LogP contribution >= 0.6 is 15.9 Å². The number of hydrogen-bond donors (Lipinski definition) is 2. The second kappa shape index (κ2) is 4.49. The Bertz CT molecular complexity index is 451. The molecule has 1 heterocycles. The molecular formula is C11H12BrN3. The minimum Gasteiger partial charge on any atom is -0.369 e. The van der Waals surface area contributed by atoms with E-state index in [9.17, 15) is 0 Å². The molecule has 0 saturated heterocycles. The first kappa shape index (κ1) is 10.2. The maximum absolute atomic E-state index is 5.50. The molecule has 0 fully saturated rings. The fourth-order valence-electron chi connectivity index (χ4n) is 1.47. The van der Waals surface area contributed by atoms with Crippen LogP contribution in [0.3, 0.4) is 0 Å². The van der Waals surface area contributed by atoms with Crippen molar-refractivity contribution in [3.63, 3.8) is 0 Å². The Morgan fingerprint density at radius 3 is 2.73 bits per heavy atom. The van der Waals surface area contributed by atoms with E-state index in [-0.39, 0.29) is 0 Å². The minimum atomic E-state index is 0.483. The molecule has 0 unspecified atom stereocenters. The number of nitrogens with one attached hydrogen (secondary N) is 1. The van der Waals surface area contributed by atoms with Crippen molar-refractivity contribution in [2.24, 2.45) is 0 Å². The molecule has 78 valence electrons. The Morgan fingerprint density at radius 1 is 1.27 bits per heavy atom. The molecule has 15 heavy (non-hydrogen) atoms. The summed E-state index contributed by atoms with van der Waals surface area (Å²) in [5, 5.41) is 0. The van der Waals surface area contributed by atoms with E-state index in [1.807, 2.05) is 12.1 Å². The first-order valence-corrected chi connectivity index (χ1v) is 5.58. The SMILES string of the molecule is Nc1ncc(CCc2ccccc2Br)[nH]1. The molecule has 0 bridgehead atoms. The Labute approximate surface area is 96.9 Å². The van der Waals surface area contributed by atoms with Gasteiger partial charge in [-0.1, -0.05) is 34.1 Å². The van der Waals surface area contributed by atoms with Crippen LogP contribution in [-0.4, -0.2) is 9.97 Å². The van der Waals surface area contributed by atoms with Gasteiger partial charge in [-0.3, -0.25) is 0 Å². The van der Waals surface area contributed by atoms with Crippen LogP contribution in [-0.2, 0) is 12.8 Å². The first-order chi connectivity index (χ1) is 7.25. The zero-order valence-electron chi connectivity index (χ0n) is 8.20. The van der Waals surface area contributed by atoms with Gasteiger partial charge in [-0.05, 0) is 24.5 Å². The number of nitrogens with two attached hydrogens (primary N) is 1. The third-order valence-corrected chi connectivity index (χ3v) is 3.04. The fraction of sp³-hybridized carbons (Fsp3) is 0.182. The number of nitrogens with zero attached hydrogens (tertiary/aromatic N) is 1. The molecule has 0 radical (unpaired) electrons. The number of hydrogen-bond acceptors (Lipinski definition) is 2. The summed E-state index contributed by atoms with van der Waals surface area (Å²) in [6.07, 6.45) is 3.68. The van der Waals surface area contributed by atoms with Crippen molar-refractivity contribution in [1.82, 2.24) is 9.97 Å². The molecule has 0 aliphatic heterocycles. The summed E-state index contributed by atoms with van der Waals surface area (Å²) in [4.78, 5) is 6.98. The third-order valence-electron chi connectivity index (χ3n) is 2.27. The van der Waals surface area contributed by atoms with Gasteiger partial charge in [0.25, 0.3) is 0 Å². The summed E-state index contributed by atoms with van der Waals surface area (Å²) in [5.74, 6) is 0.483. The molecule has 2 aromatic rings. The summed E-state index contributed by atoms with van der Waals surface area (Å²) in [5.41, 5.74) is 7.87. The monoisotopic (exact) mass is 265 g/mol. The van der Waals surface area contributed by atoms with Gasteiger partial charge in [0.1, 0.15) is 0 Å². The number of benzene rings is 1. The summed E-state index contributed by atoms with van der Waals surface area (Å²) < 4.78 is 1.15. The first-order valence-electron chi connectivity index (χ1n) is 4.78. The van der Waals surface area contributed by atoms with Crippen molar-refractivity contribution >= 4 is 21.9 Å². The second-order valence-corrected chi connectivity index (χ2v) is 4.24. The predicted molar refractivity (Wildman–Crippen MR) is 64.6 cm³/mol. The molecule has 2 rings (SSSR count). The van der Waals surface area contributed by atoms with Gasteiger partial charge in [-0.25, -0.2) is 4.98 Å². The molecule has 3 nitrogen and oxygen atoms in total. The zero-order valence-corrected chi connectivity index (χ0v) is 9.79. The molecule has 1 aromatic heterocycles. The van der Waals surface area contributed by atoms with Crippen LogP contribution in [0.25, 0.3) is 0 Å². The van der Waals surface area contributed by atoms with Crippen LogP contribution in [0.15, 0.2) is 34.9 Å². The third kappa shape index (κ3) is 2.59. The van der Waals surface area contributed by atoms with E-state index in [1.54, 1.807) is 6.20 Å². The summed E-state index contributed by atoms with van der Waals surface area (Å²) in [6, 6.07) is 8.23. The van der Waals surface area contributed by atoms with Crippen molar-refractivity contribution in [3.8, 4) is 0 Å². The Hall–Kier alpha value is -1.29. The van der Waals surface area contributed by atoms with Crippen molar-refractivity contribution in [2.45, 2.75) is 12.8 Å². The van der Waals surface area contributed by atoms with Gasteiger partial charge >= 0.3 is 0 Å². The van der Waals surface area contributed by atoms with Gasteiger partial charge in [-0.2, -0.15) is 0 Å². The predicted octanol–water partition coefficient (Wildman–Crippen LogP) is 2.54. The number of nitrogen functional groups attached to an aromatic ring is 1. The molecule has 0 aliphatic rings. The quantitative estimate of drug-likeness (QED) is 0.896.